The van der Waals surface area contributed by atoms with Crippen molar-refractivity contribution in [3.63, 3.8) is 0 Å². The molecule has 0 aliphatic carbocycles. The van der Waals surface area contributed by atoms with Gasteiger partial charge in [0.25, 0.3) is 0 Å². The molecule has 1 rings (SSSR count). The van der Waals surface area contributed by atoms with Gasteiger partial charge in [-0.2, -0.15) is 0 Å². The summed E-state index contributed by atoms with van der Waals surface area (Å²) in [7, 11) is 0. The Morgan fingerprint density at radius 2 is 1.32 bits per heavy atom. The molecule has 0 radical (unpaired) electrons. The summed E-state index contributed by atoms with van der Waals surface area (Å²) in [6.07, 6.45) is 0.196. The van der Waals surface area contributed by atoms with Crippen molar-refractivity contribution in [3.05, 3.63) is 29.8 Å². The molecular weight excluding hydrogens is 586 g/mol. The molecule has 4 atom stereocenters. The fourth-order valence-electron chi connectivity index (χ4n) is 3.49. The number of aromatic hydroxyl groups is 1. The Hall–Kier alpha value is -5.01. The first-order valence-electron chi connectivity index (χ1n) is 13.3. The molecule has 0 bridgehead atoms. The van der Waals surface area contributed by atoms with Gasteiger partial charge in [0.15, 0.2) is 5.96 Å². The molecule has 0 unspecified atom stereocenters. The van der Waals surface area contributed by atoms with Gasteiger partial charge in [0.05, 0.1) is 26.3 Å². The first-order chi connectivity index (χ1) is 20.8. The summed E-state index contributed by atoms with van der Waals surface area (Å²) >= 11 is 0. The zero-order chi connectivity index (χ0) is 33.2. The van der Waals surface area contributed by atoms with Gasteiger partial charge in [-0.1, -0.05) is 12.1 Å². The summed E-state index contributed by atoms with van der Waals surface area (Å²) < 4.78 is 0. The standard InChI is InChI=1S/C25H39N9O10/c26-15(11-35)21(40)34-17(8-13-3-5-14(37)6-4-13)22(41)30-10-20(39)33-18(12-36)23(42)31-9-19(38)32-16(24(43)44)2-1-7-29-25(27)28/h3-6,15-18,35-37H,1-2,7-12,26H2,(H,30,41)(H,31,42)(H,32,38)(H,33,39)(H,34,40)(H,43,44)(H4,27,28,29)/t15-,16-,17-,18-/m0/s1. The summed E-state index contributed by atoms with van der Waals surface area (Å²) in [5.74, 6) is -6.05. The van der Waals surface area contributed by atoms with Crippen molar-refractivity contribution < 1.29 is 49.2 Å². The van der Waals surface area contributed by atoms with Crippen LogP contribution in [0.1, 0.15) is 18.4 Å². The van der Waals surface area contributed by atoms with E-state index in [1.807, 2.05) is 0 Å². The number of aliphatic hydroxyl groups excluding tert-OH is 2. The predicted octanol–water partition coefficient (Wildman–Crippen LogP) is -5.72. The topological polar surface area (TPSA) is 331 Å². The number of hydrogen-bond acceptors (Lipinski definition) is 11. The number of aliphatic hydroxyl groups is 2. The lowest BCUT2D eigenvalue weighted by Gasteiger charge is -2.21. The number of carbonyl (C=O) groups excluding carboxylic acids is 5. The van der Waals surface area contributed by atoms with Gasteiger partial charge in [-0.05, 0) is 30.5 Å². The number of guanidine groups is 1. The number of carboxylic acids is 1. The number of rotatable bonds is 19. The average Bonchev–Trinajstić information content (AvgIpc) is 2.98. The third-order valence-corrected chi connectivity index (χ3v) is 5.84. The molecule has 1 aromatic carbocycles. The highest BCUT2D eigenvalue weighted by atomic mass is 16.4. The van der Waals surface area contributed by atoms with Gasteiger partial charge in [0.1, 0.15) is 29.9 Å². The minimum Gasteiger partial charge on any atom is -0.508 e. The van der Waals surface area contributed by atoms with Gasteiger partial charge in [-0.3, -0.25) is 29.4 Å². The van der Waals surface area contributed by atoms with Crippen LogP contribution >= 0.6 is 0 Å². The number of carbonyl (C=O) groups is 6. The molecular formula is C25H39N9O10. The van der Waals surface area contributed by atoms with E-state index >= 15 is 0 Å². The van der Waals surface area contributed by atoms with Crippen molar-refractivity contribution in [3.8, 4) is 5.75 Å². The van der Waals surface area contributed by atoms with E-state index < -0.39 is 86.0 Å². The van der Waals surface area contributed by atoms with E-state index in [0.717, 1.165) is 0 Å². The third kappa shape index (κ3) is 14.2. The summed E-state index contributed by atoms with van der Waals surface area (Å²) in [6, 6.07) is 0.357. The van der Waals surface area contributed by atoms with Crippen molar-refractivity contribution >= 4 is 41.5 Å². The number of carboxylic acid groups (broad SMARTS) is 1. The zero-order valence-corrected chi connectivity index (χ0v) is 23.7. The SMILES string of the molecule is N=C(N)NCCC[C@H](NC(=O)CNC(=O)[C@H](CO)NC(=O)CNC(=O)[C@H](Cc1ccc(O)cc1)NC(=O)[C@@H](N)CO)C(=O)O. The fourth-order valence-corrected chi connectivity index (χ4v) is 3.49. The van der Waals surface area contributed by atoms with E-state index in [-0.39, 0.29) is 37.5 Å². The predicted molar refractivity (Wildman–Crippen MR) is 153 cm³/mol. The van der Waals surface area contributed by atoms with Crippen LogP contribution in [0.4, 0.5) is 0 Å². The normalized spacial score (nSPS) is 13.2. The van der Waals surface area contributed by atoms with Gasteiger partial charge in [0.2, 0.25) is 29.5 Å². The lowest BCUT2D eigenvalue weighted by molar-refractivity contribution is -0.142. The number of hydrogen-bond donors (Lipinski definition) is 13. The minimum atomic E-state index is -1.53. The van der Waals surface area contributed by atoms with E-state index in [0.29, 0.717) is 5.56 Å². The molecule has 0 aliphatic heterocycles. The molecule has 19 nitrogen and oxygen atoms in total. The Morgan fingerprint density at radius 1 is 0.773 bits per heavy atom. The van der Waals surface area contributed by atoms with Crippen LogP contribution in [0.25, 0.3) is 0 Å². The smallest absolute Gasteiger partial charge is 0.326 e. The van der Waals surface area contributed by atoms with Crippen LogP contribution in [-0.2, 0) is 35.2 Å². The number of amides is 5. The fraction of sp³-hybridized carbons (Fsp3) is 0.480. The monoisotopic (exact) mass is 625 g/mol. The third-order valence-electron chi connectivity index (χ3n) is 5.84. The van der Waals surface area contributed by atoms with E-state index in [1.54, 1.807) is 0 Å². The van der Waals surface area contributed by atoms with Gasteiger partial charge >= 0.3 is 5.97 Å². The largest absolute Gasteiger partial charge is 0.508 e. The molecule has 0 heterocycles. The highest BCUT2D eigenvalue weighted by molar-refractivity contribution is 5.94. The summed E-state index contributed by atoms with van der Waals surface area (Å²) in [6.45, 7) is -2.72. The second kappa shape index (κ2) is 19.2. The number of phenolic OH excluding ortho intramolecular Hbond substituents is 1. The lowest BCUT2D eigenvalue weighted by atomic mass is 10.0. The van der Waals surface area contributed by atoms with E-state index in [4.69, 9.17) is 22.0 Å². The Kier molecular flexibility index (Phi) is 16.2. The Bertz CT molecular complexity index is 1170. The van der Waals surface area contributed by atoms with Crippen molar-refractivity contribution in [2.24, 2.45) is 11.5 Å². The highest BCUT2D eigenvalue weighted by Crippen LogP contribution is 2.11. The van der Waals surface area contributed by atoms with Gasteiger partial charge in [-0.25, -0.2) is 4.79 Å². The minimum absolute atomic E-state index is 0.00403. The van der Waals surface area contributed by atoms with Crippen molar-refractivity contribution in [2.45, 2.75) is 43.4 Å². The number of aliphatic carboxylic acids is 1. The van der Waals surface area contributed by atoms with Crippen LogP contribution in [0.15, 0.2) is 24.3 Å². The van der Waals surface area contributed by atoms with Crippen LogP contribution in [0.5, 0.6) is 5.75 Å². The van der Waals surface area contributed by atoms with E-state index in [9.17, 15) is 44.1 Å². The maximum atomic E-state index is 12.8. The maximum Gasteiger partial charge on any atom is 0.326 e. The maximum absolute atomic E-state index is 12.8. The molecule has 0 saturated carbocycles. The van der Waals surface area contributed by atoms with Crippen molar-refractivity contribution in [1.82, 2.24) is 31.9 Å². The first-order valence-corrected chi connectivity index (χ1v) is 13.3. The van der Waals surface area contributed by atoms with Gasteiger partial charge in [-0.15, -0.1) is 0 Å². The Morgan fingerprint density at radius 3 is 1.82 bits per heavy atom. The second-order valence-corrected chi connectivity index (χ2v) is 9.40. The summed E-state index contributed by atoms with van der Waals surface area (Å²) in [4.78, 5) is 73.3. The van der Waals surface area contributed by atoms with Crippen LogP contribution < -0.4 is 43.4 Å². The van der Waals surface area contributed by atoms with Crippen molar-refractivity contribution in [2.75, 3.05) is 32.8 Å². The van der Waals surface area contributed by atoms with Crippen molar-refractivity contribution in [1.29, 1.82) is 5.41 Å². The molecule has 0 aromatic heterocycles. The van der Waals surface area contributed by atoms with Gasteiger partial charge in [0, 0.05) is 13.0 Å². The first kappa shape index (κ1) is 37.0. The number of nitrogens with two attached hydrogens (primary N) is 2. The quantitative estimate of drug-likeness (QED) is 0.0388. The molecule has 44 heavy (non-hydrogen) atoms. The number of benzene rings is 1. The average molecular weight is 626 g/mol. The van der Waals surface area contributed by atoms with E-state index in [2.05, 4.69) is 31.9 Å². The molecule has 0 saturated heterocycles. The van der Waals surface area contributed by atoms with E-state index in [1.165, 1.54) is 24.3 Å². The molecule has 1 aromatic rings. The molecule has 5 amide bonds. The molecule has 15 N–H and O–H groups in total. The molecule has 0 aliphatic rings. The molecule has 19 heteroatoms. The van der Waals surface area contributed by atoms with Gasteiger partial charge < -0.3 is 63.8 Å². The second-order valence-electron chi connectivity index (χ2n) is 9.40. The zero-order valence-electron chi connectivity index (χ0n) is 23.7. The van der Waals surface area contributed by atoms with Crippen LogP contribution in [-0.4, -0.2) is 119 Å². The Balaban J connectivity index is 2.65. The summed E-state index contributed by atoms with van der Waals surface area (Å²) in [5, 5.41) is 58.1. The highest BCUT2D eigenvalue weighted by Gasteiger charge is 2.26. The van der Waals surface area contributed by atoms with Crippen LogP contribution in [0, 0.1) is 5.41 Å². The molecule has 0 fully saturated rings. The number of phenols is 1. The Labute approximate surface area is 251 Å². The molecule has 244 valence electrons. The summed E-state index contributed by atoms with van der Waals surface area (Å²) in [5.41, 5.74) is 11.2. The van der Waals surface area contributed by atoms with Crippen LogP contribution in [0.2, 0.25) is 0 Å². The van der Waals surface area contributed by atoms with Crippen LogP contribution in [0.3, 0.4) is 0 Å². The molecule has 0 spiro atoms. The number of nitrogens with one attached hydrogen (secondary N) is 7. The lowest BCUT2D eigenvalue weighted by Crippen LogP contribution is -2.56.